The fourth-order valence-corrected chi connectivity index (χ4v) is 5.05. The van der Waals surface area contributed by atoms with E-state index in [4.69, 9.17) is 0 Å². The van der Waals surface area contributed by atoms with Gasteiger partial charge in [0.1, 0.15) is 6.54 Å². The number of carbonyl (C=O) groups is 3. The molecule has 2 aromatic carbocycles. The van der Waals surface area contributed by atoms with Gasteiger partial charge in [0.15, 0.2) is 11.5 Å². The second-order valence-electron chi connectivity index (χ2n) is 10.4. The molecule has 208 valence electrons. The van der Waals surface area contributed by atoms with Crippen molar-refractivity contribution < 1.29 is 14.4 Å². The molecule has 1 aliphatic heterocycles. The summed E-state index contributed by atoms with van der Waals surface area (Å²) in [4.78, 5) is 42.8. The van der Waals surface area contributed by atoms with Crippen LogP contribution in [0.25, 0.3) is 16.6 Å². The van der Waals surface area contributed by atoms with E-state index in [0.717, 1.165) is 42.0 Å². The topological polar surface area (TPSA) is 105 Å². The minimum atomic E-state index is -0.350. The number of aromatic nitrogens is 4. The van der Waals surface area contributed by atoms with Crippen LogP contribution in [-0.4, -0.2) is 80.2 Å². The van der Waals surface area contributed by atoms with Gasteiger partial charge in [-0.2, -0.15) is 10.2 Å². The number of ketones is 1. The van der Waals surface area contributed by atoms with Gasteiger partial charge in [0.25, 0.3) is 5.91 Å². The highest BCUT2D eigenvalue weighted by Gasteiger charge is 2.23. The summed E-state index contributed by atoms with van der Waals surface area (Å²) >= 11 is 0. The Hall–Kier alpha value is -4.31. The number of nitrogens with one attached hydrogen (secondary N) is 1. The summed E-state index contributed by atoms with van der Waals surface area (Å²) in [5.41, 5.74) is 4.83. The van der Waals surface area contributed by atoms with E-state index in [9.17, 15) is 14.4 Å². The smallest absolute Gasteiger partial charge is 0.276 e. The first-order chi connectivity index (χ1) is 19.2. The Morgan fingerprint density at radius 1 is 0.975 bits per heavy atom. The number of carbonyl (C=O) groups excluding carboxylic acids is 3. The molecule has 0 atom stereocenters. The summed E-state index contributed by atoms with van der Waals surface area (Å²) in [6.45, 7) is 8.96. The van der Waals surface area contributed by atoms with E-state index in [1.165, 1.54) is 0 Å². The number of fused-ring (bicyclic) bond motifs is 1. The van der Waals surface area contributed by atoms with Crippen molar-refractivity contribution in [3.05, 3.63) is 71.2 Å². The summed E-state index contributed by atoms with van der Waals surface area (Å²) in [6.07, 6.45) is 2.89. The molecule has 0 saturated carbocycles. The molecular formula is C30H35N7O3. The van der Waals surface area contributed by atoms with Gasteiger partial charge in [0.2, 0.25) is 5.91 Å². The molecule has 1 fully saturated rings. The van der Waals surface area contributed by atoms with E-state index in [1.54, 1.807) is 27.7 Å². The fourth-order valence-electron chi connectivity index (χ4n) is 5.05. The molecule has 0 aliphatic carbocycles. The second kappa shape index (κ2) is 11.4. The molecule has 2 amide bonds. The Kier molecular flexibility index (Phi) is 7.79. The molecular weight excluding hydrogens is 506 g/mol. The molecule has 4 aromatic rings. The number of nitrogens with zero attached hydrogens (tertiary/aromatic N) is 6. The van der Waals surface area contributed by atoms with E-state index in [1.807, 2.05) is 56.0 Å². The maximum Gasteiger partial charge on any atom is 0.276 e. The molecule has 40 heavy (non-hydrogen) atoms. The second-order valence-corrected chi connectivity index (χ2v) is 10.4. The zero-order valence-corrected chi connectivity index (χ0v) is 23.5. The van der Waals surface area contributed by atoms with Crippen molar-refractivity contribution in [2.24, 2.45) is 0 Å². The van der Waals surface area contributed by atoms with Crippen molar-refractivity contribution in [2.75, 3.05) is 38.5 Å². The minimum Gasteiger partial charge on any atom is -0.339 e. The number of benzene rings is 2. The van der Waals surface area contributed by atoms with Gasteiger partial charge < -0.3 is 15.1 Å². The normalized spacial score (nSPS) is 14.1. The number of aryl methyl sites for hydroxylation is 1. The summed E-state index contributed by atoms with van der Waals surface area (Å²) in [7, 11) is 2.05. The van der Waals surface area contributed by atoms with Crippen LogP contribution in [0, 0.1) is 13.8 Å². The zero-order valence-electron chi connectivity index (χ0n) is 23.5. The van der Waals surface area contributed by atoms with Crippen molar-refractivity contribution in [3.8, 4) is 5.69 Å². The number of hydrogen-bond acceptors (Lipinski definition) is 6. The standard InChI is InChI=1S/C30H35N7O3/c1-5-6-27(38)25-18-31-37(21(25)3)23-10-8-22(9-11-23)32-30(40)29-24-17-20(2)7-12-26(24)36(33-29)19-28(39)35-15-13-34(4)14-16-35/h7-12,17-18H,5-6,13-16,19H2,1-4H3,(H,32,40). The van der Waals surface area contributed by atoms with Crippen LogP contribution >= 0.6 is 0 Å². The van der Waals surface area contributed by atoms with Gasteiger partial charge in [0.05, 0.1) is 28.7 Å². The third-order valence-corrected chi connectivity index (χ3v) is 7.42. The van der Waals surface area contributed by atoms with Crippen LogP contribution in [0.5, 0.6) is 0 Å². The van der Waals surface area contributed by atoms with Crippen LogP contribution in [0.4, 0.5) is 5.69 Å². The maximum atomic E-state index is 13.4. The number of amides is 2. The van der Waals surface area contributed by atoms with Crippen LogP contribution in [0.15, 0.2) is 48.7 Å². The Morgan fingerprint density at radius 2 is 1.70 bits per heavy atom. The van der Waals surface area contributed by atoms with Gasteiger partial charge in [-0.1, -0.05) is 18.6 Å². The van der Waals surface area contributed by atoms with E-state index < -0.39 is 0 Å². The quantitative estimate of drug-likeness (QED) is 0.340. The molecule has 10 heteroatoms. The Bertz CT molecular complexity index is 1560. The molecule has 1 N–H and O–H groups in total. The average molecular weight is 542 g/mol. The van der Waals surface area contributed by atoms with E-state index in [-0.39, 0.29) is 29.8 Å². The first kappa shape index (κ1) is 27.3. The van der Waals surface area contributed by atoms with E-state index in [0.29, 0.717) is 36.1 Å². The predicted molar refractivity (Wildman–Crippen MR) is 154 cm³/mol. The van der Waals surface area contributed by atoms with Crippen LogP contribution in [0.3, 0.4) is 0 Å². The third kappa shape index (κ3) is 5.53. The molecule has 0 spiro atoms. The number of piperazine rings is 1. The summed E-state index contributed by atoms with van der Waals surface area (Å²) in [5.74, 6) is -0.270. The SMILES string of the molecule is CCCC(=O)c1cnn(-c2ccc(NC(=O)c3nn(CC(=O)N4CCN(C)CC4)c4ccc(C)cc34)cc2)c1C. The number of likely N-dealkylation sites (N-methyl/N-ethyl adjacent to an activating group) is 1. The molecule has 0 radical (unpaired) electrons. The van der Waals surface area contributed by atoms with E-state index in [2.05, 4.69) is 27.5 Å². The van der Waals surface area contributed by atoms with Crippen LogP contribution in [0.1, 0.15) is 51.9 Å². The largest absolute Gasteiger partial charge is 0.339 e. The summed E-state index contributed by atoms with van der Waals surface area (Å²) < 4.78 is 3.36. The van der Waals surface area contributed by atoms with Gasteiger partial charge in [0, 0.05) is 43.7 Å². The van der Waals surface area contributed by atoms with Crippen LogP contribution in [0.2, 0.25) is 0 Å². The molecule has 3 heterocycles. The number of rotatable bonds is 8. The van der Waals surface area contributed by atoms with E-state index >= 15 is 0 Å². The summed E-state index contributed by atoms with van der Waals surface area (Å²) in [5, 5.41) is 12.6. The first-order valence-corrected chi connectivity index (χ1v) is 13.7. The highest BCUT2D eigenvalue weighted by Crippen LogP contribution is 2.23. The lowest BCUT2D eigenvalue weighted by molar-refractivity contribution is -0.133. The lowest BCUT2D eigenvalue weighted by atomic mass is 10.1. The molecule has 10 nitrogen and oxygen atoms in total. The van der Waals surface area contributed by atoms with Crippen molar-refractivity contribution >= 4 is 34.2 Å². The van der Waals surface area contributed by atoms with Crippen molar-refractivity contribution in [1.82, 2.24) is 29.4 Å². The van der Waals surface area contributed by atoms with Crippen LogP contribution in [-0.2, 0) is 11.3 Å². The minimum absolute atomic E-state index is 0.00547. The molecule has 0 unspecified atom stereocenters. The van der Waals surface area contributed by atoms with Crippen molar-refractivity contribution in [2.45, 2.75) is 40.2 Å². The zero-order chi connectivity index (χ0) is 28.4. The first-order valence-electron chi connectivity index (χ1n) is 13.7. The highest BCUT2D eigenvalue weighted by molar-refractivity contribution is 6.11. The van der Waals surface area contributed by atoms with Gasteiger partial charge >= 0.3 is 0 Å². The lowest BCUT2D eigenvalue weighted by Crippen LogP contribution is -2.48. The van der Waals surface area contributed by atoms with Crippen LogP contribution < -0.4 is 5.32 Å². The van der Waals surface area contributed by atoms with Crippen molar-refractivity contribution in [1.29, 1.82) is 0 Å². The monoisotopic (exact) mass is 541 g/mol. The van der Waals surface area contributed by atoms with Gasteiger partial charge in [-0.05, 0) is 63.7 Å². The molecule has 1 aliphatic rings. The summed E-state index contributed by atoms with van der Waals surface area (Å²) in [6, 6.07) is 13.1. The van der Waals surface area contributed by atoms with Crippen molar-refractivity contribution in [3.63, 3.8) is 0 Å². The van der Waals surface area contributed by atoms with Gasteiger partial charge in [-0.3, -0.25) is 19.1 Å². The molecule has 0 bridgehead atoms. The number of anilines is 1. The fraction of sp³-hybridized carbons (Fsp3) is 0.367. The third-order valence-electron chi connectivity index (χ3n) is 7.42. The highest BCUT2D eigenvalue weighted by atomic mass is 16.2. The molecule has 5 rings (SSSR count). The predicted octanol–water partition coefficient (Wildman–Crippen LogP) is 3.85. The molecule has 2 aromatic heterocycles. The average Bonchev–Trinajstić information content (AvgIpc) is 3.49. The van der Waals surface area contributed by atoms with Gasteiger partial charge in [-0.15, -0.1) is 0 Å². The Labute approximate surface area is 233 Å². The molecule has 1 saturated heterocycles. The number of Topliss-reactive ketones (excluding diaryl/α,β-unsaturated/α-hetero) is 1. The Balaban J connectivity index is 1.34. The lowest BCUT2D eigenvalue weighted by Gasteiger charge is -2.32. The Morgan fingerprint density at radius 3 is 2.40 bits per heavy atom. The number of hydrogen-bond donors (Lipinski definition) is 1. The van der Waals surface area contributed by atoms with Gasteiger partial charge in [-0.25, -0.2) is 4.68 Å². The maximum absolute atomic E-state index is 13.4.